The number of hydrogen-bond acceptors (Lipinski definition) is 4. The van der Waals surface area contributed by atoms with Crippen LogP contribution >= 0.6 is 0 Å². The molecule has 0 spiro atoms. The third kappa shape index (κ3) is 3.86. The highest BCUT2D eigenvalue weighted by molar-refractivity contribution is 5.96. The van der Waals surface area contributed by atoms with Gasteiger partial charge in [-0.25, -0.2) is 9.78 Å². The Labute approximate surface area is 101 Å². The fourth-order valence-corrected chi connectivity index (χ4v) is 1.25. The Morgan fingerprint density at radius 3 is 2.94 bits per heavy atom. The second-order valence-electron chi connectivity index (χ2n) is 3.73. The lowest BCUT2D eigenvalue weighted by molar-refractivity contribution is 0.0520. The molecule has 5 heteroatoms. The molecule has 5 nitrogen and oxygen atoms in total. The molecule has 0 unspecified atom stereocenters. The van der Waals surface area contributed by atoms with E-state index in [0.29, 0.717) is 31.0 Å². The van der Waals surface area contributed by atoms with Gasteiger partial charge in [0.05, 0.1) is 12.9 Å². The molecule has 0 aliphatic heterocycles. The molecule has 0 fully saturated rings. The van der Waals surface area contributed by atoms with Gasteiger partial charge in [0.1, 0.15) is 0 Å². The van der Waals surface area contributed by atoms with Crippen LogP contribution in [0.4, 0.5) is 0 Å². The van der Waals surface area contributed by atoms with E-state index in [1.807, 2.05) is 0 Å². The summed E-state index contributed by atoms with van der Waals surface area (Å²) in [4.78, 5) is 15.3. The van der Waals surface area contributed by atoms with Crippen molar-refractivity contribution in [1.29, 1.82) is 5.41 Å². The average molecular weight is 235 g/mol. The molecule has 0 aliphatic rings. The number of carbonyl (C=O) groups excluding carboxylic acids is 1. The number of ether oxygens (including phenoxy) is 1. The highest BCUT2D eigenvalue weighted by atomic mass is 16.5. The van der Waals surface area contributed by atoms with Crippen molar-refractivity contribution in [2.45, 2.75) is 26.8 Å². The summed E-state index contributed by atoms with van der Waals surface area (Å²) in [6.07, 6.45) is 3.77. The third-order valence-corrected chi connectivity index (χ3v) is 2.25. The van der Waals surface area contributed by atoms with Crippen LogP contribution in [0.3, 0.4) is 0 Å². The van der Waals surface area contributed by atoms with Gasteiger partial charge in [0.15, 0.2) is 5.69 Å². The van der Waals surface area contributed by atoms with E-state index in [0.717, 1.165) is 5.57 Å². The van der Waals surface area contributed by atoms with Crippen molar-refractivity contribution < 1.29 is 9.53 Å². The van der Waals surface area contributed by atoms with Crippen molar-refractivity contribution in [3.8, 4) is 0 Å². The largest absolute Gasteiger partial charge is 0.461 e. The minimum Gasteiger partial charge on any atom is -0.461 e. The summed E-state index contributed by atoms with van der Waals surface area (Å²) < 4.78 is 6.60. The van der Waals surface area contributed by atoms with Crippen LogP contribution in [0, 0.1) is 5.41 Å². The number of esters is 1. The summed E-state index contributed by atoms with van der Waals surface area (Å²) in [5, 5.41) is 7.63. The molecule has 0 aromatic carbocycles. The van der Waals surface area contributed by atoms with Crippen molar-refractivity contribution in [3.05, 3.63) is 30.4 Å². The minimum atomic E-state index is -0.416. The third-order valence-electron chi connectivity index (χ3n) is 2.25. The van der Waals surface area contributed by atoms with Crippen LogP contribution < -0.4 is 0 Å². The predicted molar refractivity (Wildman–Crippen MR) is 65.3 cm³/mol. The van der Waals surface area contributed by atoms with E-state index >= 15 is 0 Å². The maximum atomic E-state index is 11.3. The predicted octanol–water partition coefficient (Wildman–Crippen LogP) is 2.05. The highest BCUT2D eigenvalue weighted by Gasteiger charge is 2.09. The number of aryl methyl sites for hydroxylation is 1. The van der Waals surface area contributed by atoms with Crippen molar-refractivity contribution in [2.75, 3.05) is 6.61 Å². The second-order valence-corrected chi connectivity index (χ2v) is 3.73. The van der Waals surface area contributed by atoms with Gasteiger partial charge >= 0.3 is 5.97 Å². The lowest BCUT2D eigenvalue weighted by atomic mass is 10.1. The summed E-state index contributed by atoms with van der Waals surface area (Å²) in [6.45, 7) is 8.21. The molecule has 17 heavy (non-hydrogen) atoms. The number of nitrogens with zero attached hydrogens (tertiary/aromatic N) is 2. The van der Waals surface area contributed by atoms with Crippen molar-refractivity contribution in [3.63, 3.8) is 0 Å². The van der Waals surface area contributed by atoms with Crippen LogP contribution in [0.25, 0.3) is 0 Å². The first-order valence-corrected chi connectivity index (χ1v) is 5.46. The zero-order valence-electron chi connectivity index (χ0n) is 10.2. The second kappa shape index (κ2) is 5.98. The Morgan fingerprint density at radius 1 is 1.65 bits per heavy atom. The average Bonchev–Trinajstić information content (AvgIpc) is 2.74. The number of allylic oxidation sites excluding steroid dienone is 1. The van der Waals surface area contributed by atoms with E-state index < -0.39 is 5.97 Å². The Kier molecular flexibility index (Phi) is 4.63. The van der Waals surface area contributed by atoms with Crippen LogP contribution in [-0.2, 0) is 11.3 Å². The van der Waals surface area contributed by atoms with Gasteiger partial charge < -0.3 is 14.7 Å². The SMILES string of the molecule is C=C(C)C(=N)CCn1cnc(C(=O)OCC)c1. The normalized spacial score (nSPS) is 10.0. The van der Waals surface area contributed by atoms with Gasteiger partial charge in [-0.2, -0.15) is 0 Å². The van der Waals surface area contributed by atoms with E-state index in [1.54, 1.807) is 30.9 Å². The van der Waals surface area contributed by atoms with Gasteiger partial charge in [0, 0.05) is 24.9 Å². The standard InChI is InChI=1S/C12H17N3O2/c1-4-17-12(16)11-7-15(8-14-11)6-5-10(13)9(2)3/h7-8,13H,2,4-6H2,1,3H3. The molecular formula is C12H17N3O2. The highest BCUT2D eigenvalue weighted by Crippen LogP contribution is 2.03. The quantitative estimate of drug-likeness (QED) is 0.606. The zero-order chi connectivity index (χ0) is 12.8. The molecule has 1 N–H and O–H groups in total. The van der Waals surface area contributed by atoms with E-state index in [1.165, 1.54) is 0 Å². The molecule has 0 saturated heterocycles. The van der Waals surface area contributed by atoms with Crippen molar-refractivity contribution in [1.82, 2.24) is 9.55 Å². The number of aromatic nitrogens is 2. The van der Waals surface area contributed by atoms with Gasteiger partial charge in [-0.15, -0.1) is 0 Å². The molecule has 1 heterocycles. The van der Waals surface area contributed by atoms with Crippen molar-refractivity contribution >= 4 is 11.7 Å². The molecule has 0 amide bonds. The topological polar surface area (TPSA) is 68.0 Å². The van der Waals surface area contributed by atoms with Crippen LogP contribution in [0.1, 0.15) is 30.8 Å². The maximum Gasteiger partial charge on any atom is 0.358 e. The summed E-state index contributed by atoms with van der Waals surface area (Å²) in [5.41, 5.74) is 1.57. The molecule has 0 atom stereocenters. The molecule has 1 rings (SSSR count). The first-order valence-electron chi connectivity index (χ1n) is 5.46. The summed E-state index contributed by atoms with van der Waals surface area (Å²) in [5.74, 6) is -0.416. The smallest absolute Gasteiger partial charge is 0.358 e. The fourth-order valence-electron chi connectivity index (χ4n) is 1.25. The number of hydrogen-bond donors (Lipinski definition) is 1. The van der Waals surface area contributed by atoms with Crippen LogP contribution in [0.2, 0.25) is 0 Å². The van der Waals surface area contributed by atoms with Gasteiger partial charge in [-0.3, -0.25) is 0 Å². The number of rotatable bonds is 6. The van der Waals surface area contributed by atoms with Gasteiger partial charge in [0.25, 0.3) is 0 Å². The Balaban J connectivity index is 2.54. The van der Waals surface area contributed by atoms with Crippen LogP contribution in [-0.4, -0.2) is 27.8 Å². The number of nitrogens with one attached hydrogen (secondary N) is 1. The van der Waals surface area contributed by atoms with Crippen LogP contribution in [0.5, 0.6) is 0 Å². The summed E-state index contributed by atoms with van der Waals surface area (Å²) >= 11 is 0. The van der Waals surface area contributed by atoms with E-state index in [2.05, 4.69) is 11.6 Å². The Hall–Kier alpha value is -1.91. The first kappa shape index (κ1) is 13.2. The van der Waals surface area contributed by atoms with Gasteiger partial charge in [-0.05, 0) is 19.4 Å². The monoisotopic (exact) mass is 235 g/mol. The molecule has 0 bridgehead atoms. The number of imidazole rings is 1. The molecular weight excluding hydrogens is 218 g/mol. The van der Waals surface area contributed by atoms with E-state index in [4.69, 9.17) is 10.1 Å². The molecule has 0 radical (unpaired) electrons. The Morgan fingerprint density at radius 2 is 2.35 bits per heavy atom. The summed E-state index contributed by atoms with van der Waals surface area (Å²) in [6, 6.07) is 0. The van der Waals surface area contributed by atoms with Gasteiger partial charge in [0.2, 0.25) is 0 Å². The molecule has 0 saturated carbocycles. The number of carbonyl (C=O) groups is 1. The van der Waals surface area contributed by atoms with Gasteiger partial charge in [-0.1, -0.05) is 6.58 Å². The summed E-state index contributed by atoms with van der Waals surface area (Å²) in [7, 11) is 0. The first-order chi connectivity index (χ1) is 8.04. The molecule has 0 aliphatic carbocycles. The fraction of sp³-hybridized carbons (Fsp3) is 0.417. The lowest BCUT2D eigenvalue weighted by Gasteiger charge is -2.03. The molecule has 92 valence electrons. The zero-order valence-corrected chi connectivity index (χ0v) is 10.2. The lowest BCUT2D eigenvalue weighted by Crippen LogP contribution is -2.06. The Bertz CT molecular complexity index is 435. The maximum absolute atomic E-state index is 11.3. The molecule has 1 aromatic heterocycles. The van der Waals surface area contributed by atoms with Crippen LogP contribution in [0.15, 0.2) is 24.7 Å². The van der Waals surface area contributed by atoms with Crippen molar-refractivity contribution in [2.24, 2.45) is 0 Å². The van der Waals surface area contributed by atoms with E-state index in [9.17, 15) is 4.79 Å². The minimum absolute atomic E-state index is 0.300. The van der Waals surface area contributed by atoms with E-state index in [-0.39, 0.29) is 0 Å². The molecule has 1 aromatic rings.